The summed E-state index contributed by atoms with van der Waals surface area (Å²) in [5, 5.41) is 12.0. The number of pyridine rings is 1. The average Bonchev–Trinajstić information content (AvgIpc) is 2.78. The fraction of sp³-hybridized carbons (Fsp3) is 0.231. The first-order chi connectivity index (χ1) is 8.60. The summed E-state index contributed by atoms with van der Waals surface area (Å²) in [4.78, 5) is 4.12. The van der Waals surface area contributed by atoms with Gasteiger partial charge in [0, 0.05) is 0 Å². The number of hydrogen-bond acceptors (Lipinski definition) is 5. The monoisotopic (exact) mass is 242 g/mol. The fourth-order valence-electron chi connectivity index (χ4n) is 1.62. The van der Waals surface area contributed by atoms with Gasteiger partial charge in [0.05, 0.1) is 11.7 Å². The molecule has 92 valence electrons. The van der Waals surface area contributed by atoms with E-state index in [0.717, 1.165) is 11.5 Å². The smallest absolute Gasteiger partial charge is 0.165 e. The lowest BCUT2D eigenvalue weighted by atomic mass is 10.2. The largest absolute Gasteiger partial charge is 0.464 e. The molecule has 18 heavy (non-hydrogen) atoms. The Morgan fingerprint density at radius 3 is 2.78 bits per heavy atom. The highest BCUT2D eigenvalue weighted by atomic mass is 16.3. The van der Waals surface area contributed by atoms with Crippen LogP contribution in [-0.2, 0) is 0 Å². The molecular weight excluding hydrogens is 228 g/mol. The summed E-state index contributed by atoms with van der Waals surface area (Å²) < 4.78 is 5.52. The van der Waals surface area contributed by atoms with Crippen LogP contribution < -0.4 is 11.1 Å². The Kier molecular flexibility index (Phi) is 3.20. The van der Waals surface area contributed by atoms with E-state index >= 15 is 0 Å². The van der Waals surface area contributed by atoms with Crippen LogP contribution in [0.2, 0.25) is 0 Å². The first kappa shape index (κ1) is 12.0. The number of nitrogen functional groups attached to an aromatic ring is 1. The van der Waals surface area contributed by atoms with Gasteiger partial charge in [0.1, 0.15) is 23.4 Å². The normalized spacial score (nSPS) is 11.8. The van der Waals surface area contributed by atoms with Gasteiger partial charge in [-0.1, -0.05) is 0 Å². The second-order valence-corrected chi connectivity index (χ2v) is 4.06. The number of aryl methyl sites for hydroxylation is 1. The SMILES string of the molecule is Cc1ccc(C(C)Nc2ccc(N)c(C#N)n2)o1. The Hall–Kier alpha value is -2.48. The minimum atomic E-state index is -0.0265. The maximum absolute atomic E-state index is 8.86. The van der Waals surface area contributed by atoms with E-state index in [4.69, 9.17) is 15.4 Å². The summed E-state index contributed by atoms with van der Waals surface area (Å²) in [6.07, 6.45) is 0. The van der Waals surface area contributed by atoms with Crippen LogP contribution in [0.1, 0.15) is 30.2 Å². The van der Waals surface area contributed by atoms with E-state index < -0.39 is 0 Å². The Morgan fingerprint density at radius 2 is 2.17 bits per heavy atom. The number of rotatable bonds is 3. The maximum atomic E-state index is 8.86. The molecule has 5 heteroatoms. The van der Waals surface area contributed by atoms with Crippen molar-refractivity contribution >= 4 is 11.5 Å². The third kappa shape index (κ3) is 2.43. The third-order valence-electron chi connectivity index (χ3n) is 2.58. The van der Waals surface area contributed by atoms with E-state index in [1.54, 1.807) is 12.1 Å². The third-order valence-corrected chi connectivity index (χ3v) is 2.58. The summed E-state index contributed by atoms with van der Waals surface area (Å²) in [6, 6.07) is 9.15. The molecule has 0 saturated heterocycles. The van der Waals surface area contributed by atoms with E-state index in [1.165, 1.54) is 0 Å². The number of nitrogens with zero attached hydrogens (tertiary/aromatic N) is 2. The minimum Gasteiger partial charge on any atom is -0.464 e. The number of anilines is 2. The number of nitrogens with two attached hydrogens (primary N) is 1. The van der Waals surface area contributed by atoms with Gasteiger partial charge in [-0.2, -0.15) is 5.26 Å². The van der Waals surface area contributed by atoms with Gasteiger partial charge in [-0.25, -0.2) is 4.98 Å². The molecule has 2 aromatic rings. The van der Waals surface area contributed by atoms with Crippen molar-refractivity contribution in [2.75, 3.05) is 11.1 Å². The number of hydrogen-bond donors (Lipinski definition) is 2. The zero-order chi connectivity index (χ0) is 13.1. The second kappa shape index (κ2) is 4.80. The standard InChI is InChI=1S/C13H14N4O/c1-8-3-5-12(18-8)9(2)16-13-6-4-10(15)11(7-14)17-13/h3-6,9H,15H2,1-2H3,(H,16,17). The molecule has 2 aromatic heterocycles. The molecule has 2 heterocycles. The van der Waals surface area contributed by atoms with E-state index in [-0.39, 0.29) is 11.7 Å². The van der Waals surface area contributed by atoms with Crippen LogP contribution in [-0.4, -0.2) is 4.98 Å². The zero-order valence-corrected chi connectivity index (χ0v) is 10.3. The van der Waals surface area contributed by atoms with Crippen molar-refractivity contribution in [3.63, 3.8) is 0 Å². The lowest BCUT2D eigenvalue weighted by Crippen LogP contribution is -2.08. The van der Waals surface area contributed by atoms with Gasteiger partial charge in [0.15, 0.2) is 5.69 Å². The first-order valence-electron chi connectivity index (χ1n) is 5.59. The average molecular weight is 242 g/mol. The summed E-state index contributed by atoms with van der Waals surface area (Å²) in [7, 11) is 0. The Labute approximate surface area is 105 Å². The molecule has 0 amide bonds. The molecule has 0 aromatic carbocycles. The lowest BCUT2D eigenvalue weighted by molar-refractivity contribution is 0.466. The second-order valence-electron chi connectivity index (χ2n) is 4.06. The number of nitriles is 1. The molecule has 0 bridgehead atoms. The molecule has 3 N–H and O–H groups in total. The van der Waals surface area contributed by atoms with Gasteiger partial charge < -0.3 is 15.5 Å². The molecule has 0 spiro atoms. The molecular formula is C13H14N4O. The van der Waals surface area contributed by atoms with Gasteiger partial charge >= 0.3 is 0 Å². The van der Waals surface area contributed by atoms with Crippen molar-refractivity contribution in [3.8, 4) is 6.07 Å². The topological polar surface area (TPSA) is 87.9 Å². The number of aromatic nitrogens is 1. The molecule has 0 aliphatic carbocycles. The van der Waals surface area contributed by atoms with Gasteiger partial charge in [0.25, 0.3) is 0 Å². The quantitative estimate of drug-likeness (QED) is 0.863. The lowest BCUT2D eigenvalue weighted by Gasteiger charge is -2.12. The molecule has 5 nitrogen and oxygen atoms in total. The molecule has 0 fully saturated rings. The number of nitrogens with one attached hydrogen (secondary N) is 1. The summed E-state index contributed by atoms with van der Waals surface area (Å²) in [5.41, 5.74) is 6.22. The van der Waals surface area contributed by atoms with E-state index in [9.17, 15) is 0 Å². The molecule has 1 unspecified atom stereocenters. The molecule has 0 aliphatic heterocycles. The van der Waals surface area contributed by atoms with Gasteiger partial charge in [-0.3, -0.25) is 0 Å². The number of furan rings is 1. The Bertz CT molecular complexity index is 597. The van der Waals surface area contributed by atoms with Crippen LogP contribution in [0.5, 0.6) is 0 Å². The van der Waals surface area contributed by atoms with Gasteiger partial charge in [0.2, 0.25) is 0 Å². The zero-order valence-electron chi connectivity index (χ0n) is 10.3. The highest BCUT2D eigenvalue weighted by molar-refractivity contribution is 5.54. The fourth-order valence-corrected chi connectivity index (χ4v) is 1.62. The van der Waals surface area contributed by atoms with Crippen molar-refractivity contribution in [2.24, 2.45) is 0 Å². The van der Waals surface area contributed by atoms with Crippen molar-refractivity contribution in [3.05, 3.63) is 41.5 Å². The minimum absolute atomic E-state index is 0.0265. The maximum Gasteiger partial charge on any atom is 0.165 e. The first-order valence-corrected chi connectivity index (χ1v) is 5.59. The van der Waals surface area contributed by atoms with Gasteiger partial charge in [-0.15, -0.1) is 0 Å². The van der Waals surface area contributed by atoms with Crippen LogP contribution >= 0.6 is 0 Å². The van der Waals surface area contributed by atoms with Crippen molar-refractivity contribution in [1.29, 1.82) is 5.26 Å². The molecule has 2 rings (SSSR count). The molecule has 0 aliphatic rings. The summed E-state index contributed by atoms with van der Waals surface area (Å²) in [5.74, 6) is 2.29. The van der Waals surface area contributed by atoms with Crippen LogP contribution in [0, 0.1) is 18.3 Å². The molecule has 0 saturated carbocycles. The predicted molar refractivity (Wildman–Crippen MR) is 68.8 cm³/mol. The Morgan fingerprint density at radius 1 is 1.39 bits per heavy atom. The summed E-state index contributed by atoms with van der Waals surface area (Å²) in [6.45, 7) is 3.85. The van der Waals surface area contributed by atoms with E-state index in [0.29, 0.717) is 11.5 Å². The molecule has 1 atom stereocenters. The van der Waals surface area contributed by atoms with Gasteiger partial charge in [-0.05, 0) is 38.1 Å². The van der Waals surface area contributed by atoms with Crippen molar-refractivity contribution in [1.82, 2.24) is 4.98 Å². The van der Waals surface area contributed by atoms with Crippen LogP contribution in [0.15, 0.2) is 28.7 Å². The summed E-state index contributed by atoms with van der Waals surface area (Å²) >= 11 is 0. The highest BCUT2D eigenvalue weighted by Gasteiger charge is 2.10. The van der Waals surface area contributed by atoms with Crippen LogP contribution in [0.3, 0.4) is 0 Å². The van der Waals surface area contributed by atoms with Crippen molar-refractivity contribution in [2.45, 2.75) is 19.9 Å². The van der Waals surface area contributed by atoms with Crippen LogP contribution in [0.25, 0.3) is 0 Å². The molecule has 0 radical (unpaired) electrons. The van der Waals surface area contributed by atoms with E-state index in [2.05, 4.69) is 10.3 Å². The predicted octanol–water partition coefficient (Wildman–Crippen LogP) is 2.61. The Balaban J connectivity index is 2.17. The van der Waals surface area contributed by atoms with Crippen molar-refractivity contribution < 1.29 is 4.42 Å². The highest BCUT2D eigenvalue weighted by Crippen LogP contribution is 2.21. The van der Waals surface area contributed by atoms with E-state index in [1.807, 2.05) is 32.0 Å². The van der Waals surface area contributed by atoms with Crippen LogP contribution in [0.4, 0.5) is 11.5 Å².